The van der Waals surface area contributed by atoms with Crippen molar-refractivity contribution in [3.63, 3.8) is 0 Å². The second-order valence-electron chi connectivity index (χ2n) is 1.13. The van der Waals surface area contributed by atoms with E-state index in [1.165, 1.54) is 0 Å². The number of nitrogens with one attached hydrogen (secondary N) is 1. The summed E-state index contributed by atoms with van der Waals surface area (Å²) in [5.41, 5.74) is 0. The molecule has 0 aliphatic carbocycles. The van der Waals surface area contributed by atoms with E-state index >= 15 is 0 Å². The predicted octanol–water partition coefficient (Wildman–Crippen LogP) is 1.43. The molecule has 0 aromatic carbocycles. The van der Waals surface area contributed by atoms with Gasteiger partial charge in [0.25, 0.3) is 0 Å². The summed E-state index contributed by atoms with van der Waals surface area (Å²) in [6.45, 7) is 3.59. The van der Waals surface area contributed by atoms with Gasteiger partial charge < -0.3 is 0 Å². The lowest BCUT2D eigenvalue weighted by molar-refractivity contribution is 1.21. The number of allylic oxidation sites excluding steroid dienone is 1. The molecule has 0 aromatic rings. The highest BCUT2D eigenvalue weighted by atomic mass is 32.2. The molecular weight excluding hydrogens is 106 g/mol. The van der Waals surface area contributed by atoms with E-state index < -0.39 is 0 Å². The van der Waals surface area contributed by atoms with Gasteiger partial charge in [-0.1, -0.05) is 18.0 Å². The predicted molar refractivity (Wildman–Crippen MR) is 36.3 cm³/mol. The van der Waals surface area contributed by atoms with E-state index in [0.717, 1.165) is 12.2 Å². The Morgan fingerprint density at radius 2 is 2.57 bits per heavy atom. The molecule has 0 aliphatic heterocycles. The molecule has 0 amide bonds. The SMILES string of the molecule is C=CCCSNC. The average Bonchev–Trinajstić information content (AvgIpc) is 1.69. The van der Waals surface area contributed by atoms with Crippen molar-refractivity contribution in [2.45, 2.75) is 6.42 Å². The molecule has 0 saturated carbocycles. The van der Waals surface area contributed by atoms with Crippen molar-refractivity contribution in [3.8, 4) is 0 Å². The van der Waals surface area contributed by atoms with Crippen molar-refractivity contribution >= 4 is 11.9 Å². The quantitative estimate of drug-likeness (QED) is 0.339. The largest absolute Gasteiger partial charge is 0.267 e. The molecule has 1 nitrogen and oxygen atoms in total. The molecule has 2 heteroatoms. The molecule has 0 spiro atoms. The number of hydrogen-bond donors (Lipinski definition) is 1. The van der Waals surface area contributed by atoms with Crippen molar-refractivity contribution in [1.29, 1.82) is 0 Å². The highest BCUT2D eigenvalue weighted by Crippen LogP contribution is 1.93. The lowest BCUT2D eigenvalue weighted by Crippen LogP contribution is -1.91. The van der Waals surface area contributed by atoms with Gasteiger partial charge in [0.2, 0.25) is 0 Å². The van der Waals surface area contributed by atoms with Crippen LogP contribution in [0.15, 0.2) is 12.7 Å². The zero-order valence-electron chi connectivity index (χ0n) is 4.61. The summed E-state index contributed by atoms with van der Waals surface area (Å²) < 4.78 is 2.97. The molecule has 7 heavy (non-hydrogen) atoms. The van der Waals surface area contributed by atoms with Gasteiger partial charge in [-0.2, -0.15) is 0 Å². The zero-order valence-corrected chi connectivity index (χ0v) is 5.42. The van der Waals surface area contributed by atoms with Gasteiger partial charge in [-0.25, -0.2) is 0 Å². The fraction of sp³-hybridized carbons (Fsp3) is 0.600. The zero-order chi connectivity index (χ0) is 5.54. The number of hydrogen-bond acceptors (Lipinski definition) is 2. The molecule has 42 valence electrons. The van der Waals surface area contributed by atoms with Gasteiger partial charge in [0.05, 0.1) is 0 Å². The molecule has 0 saturated heterocycles. The maximum absolute atomic E-state index is 3.59. The molecular formula is C5H11NS. The van der Waals surface area contributed by atoms with Crippen LogP contribution in [0.2, 0.25) is 0 Å². The third kappa shape index (κ3) is 6.05. The fourth-order valence-corrected chi connectivity index (χ4v) is 0.733. The minimum absolute atomic E-state index is 1.09. The number of rotatable bonds is 4. The van der Waals surface area contributed by atoms with Gasteiger partial charge in [0, 0.05) is 5.75 Å². The van der Waals surface area contributed by atoms with Crippen molar-refractivity contribution in [3.05, 3.63) is 12.7 Å². The molecule has 0 unspecified atom stereocenters. The lowest BCUT2D eigenvalue weighted by atomic mass is 10.5. The molecule has 0 bridgehead atoms. The smallest absolute Gasteiger partial charge is 0.0113 e. The molecule has 0 heterocycles. The van der Waals surface area contributed by atoms with Crippen LogP contribution in [-0.4, -0.2) is 12.8 Å². The first-order valence-electron chi connectivity index (χ1n) is 2.31. The molecule has 0 radical (unpaired) electrons. The van der Waals surface area contributed by atoms with Crippen LogP contribution >= 0.6 is 11.9 Å². The Morgan fingerprint density at radius 3 is 3.00 bits per heavy atom. The van der Waals surface area contributed by atoms with Gasteiger partial charge in [0.15, 0.2) is 0 Å². The van der Waals surface area contributed by atoms with Crippen LogP contribution in [0.5, 0.6) is 0 Å². The van der Waals surface area contributed by atoms with Crippen molar-refractivity contribution in [1.82, 2.24) is 4.72 Å². The van der Waals surface area contributed by atoms with E-state index in [4.69, 9.17) is 0 Å². The fourth-order valence-electron chi connectivity index (χ4n) is 0.244. The third-order valence-corrected chi connectivity index (χ3v) is 1.30. The Labute approximate surface area is 49.3 Å². The molecule has 0 aliphatic rings. The van der Waals surface area contributed by atoms with Crippen LogP contribution in [0.3, 0.4) is 0 Å². The first-order chi connectivity index (χ1) is 3.41. The first-order valence-corrected chi connectivity index (χ1v) is 3.29. The minimum atomic E-state index is 1.09. The van der Waals surface area contributed by atoms with Gasteiger partial charge in [0.1, 0.15) is 0 Å². The van der Waals surface area contributed by atoms with E-state index in [-0.39, 0.29) is 0 Å². The maximum Gasteiger partial charge on any atom is 0.0113 e. The van der Waals surface area contributed by atoms with Crippen LogP contribution in [-0.2, 0) is 0 Å². The summed E-state index contributed by atoms with van der Waals surface area (Å²) in [4.78, 5) is 0. The third-order valence-electron chi connectivity index (χ3n) is 0.568. The van der Waals surface area contributed by atoms with Gasteiger partial charge in [-0.3, -0.25) is 4.72 Å². The summed E-state index contributed by atoms with van der Waals surface area (Å²) >= 11 is 1.71. The second-order valence-corrected chi connectivity index (χ2v) is 2.24. The summed E-state index contributed by atoms with van der Waals surface area (Å²) in [5, 5.41) is 0. The van der Waals surface area contributed by atoms with Gasteiger partial charge in [-0.15, -0.1) is 6.58 Å². The van der Waals surface area contributed by atoms with Crippen molar-refractivity contribution in [2.24, 2.45) is 0 Å². The highest BCUT2D eigenvalue weighted by molar-refractivity contribution is 7.97. The summed E-state index contributed by atoms with van der Waals surface area (Å²) in [6, 6.07) is 0. The van der Waals surface area contributed by atoms with Gasteiger partial charge >= 0.3 is 0 Å². The molecule has 0 aromatic heterocycles. The Morgan fingerprint density at radius 1 is 1.86 bits per heavy atom. The summed E-state index contributed by atoms with van der Waals surface area (Å²) in [5.74, 6) is 1.12. The van der Waals surface area contributed by atoms with Crippen molar-refractivity contribution in [2.75, 3.05) is 12.8 Å². The summed E-state index contributed by atoms with van der Waals surface area (Å²) in [7, 11) is 1.92. The molecule has 0 rings (SSSR count). The van der Waals surface area contributed by atoms with Crippen LogP contribution in [0.25, 0.3) is 0 Å². The van der Waals surface area contributed by atoms with Crippen LogP contribution in [0, 0.1) is 0 Å². The van der Waals surface area contributed by atoms with Gasteiger partial charge in [-0.05, 0) is 13.5 Å². The van der Waals surface area contributed by atoms with Crippen LogP contribution in [0.4, 0.5) is 0 Å². The van der Waals surface area contributed by atoms with Crippen LogP contribution < -0.4 is 4.72 Å². The van der Waals surface area contributed by atoms with E-state index in [0.29, 0.717) is 0 Å². The second kappa shape index (κ2) is 6.05. The topological polar surface area (TPSA) is 12.0 Å². The average molecular weight is 117 g/mol. The molecule has 0 fully saturated rings. The van der Waals surface area contributed by atoms with E-state index in [9.17, 15) is 0 Å². The van der Waals surface area contributed by atoms with Crippen LogP contribution in [0.1, 0.15) is 6.42 Å². The van der Waals surface area contributed by atoms with E-state index in [1.54, 1.807) is 11.9 Å². The lowest BCUT2D eigenvalue weighted by Gasteiger charge is -1.90. The van der Waals surface area contributed by atoms with E-state index in [1.807, 2.05) is 13.1 Å². The molecule has 0 atom stereocenters. The monoisotopic (exact) mass is 117 g/mol. The van der Waals surface area contributed by atoms with Crippen molar-refractivity contribution < 1.29 is 0 Å². The van der Waals surface area contributed by atoms with E-state index in [2.05, 4.69) is 11.3 Å². The standard InChI is InChI=1S/C5H11NS/c1-3-4-5-7-6-2/h3,6H,1,4-5H2,2H3. The Kier molecular flexibility index (Phi) is 6.09. The molecule has 1 N–H and O–H groups in total. The highest BCUT2D eigenvalue weighted by Gasteiger charge is 1.76. The maximum atomic E-state index is 3.59. The minimum Gasteiger partial charge on any atom is -0.267 e. The Hall–Kier alpha value is 0.0500. The first kappa shape index (κ1) is 7.05. The Balaban J connectivity index is 2.56. The Bertz CT molecular complexity index is 45.3. The normalized spacial score (nSPS) is 8.71. The summed E-state index contributed by atoms with van der Waals surface area (Å²) in [6.07, 6.45) is 3.01.